The minimum Gasteiger partial charge on any atom is -0.457 e. The number of ether oxygens (including phenoxy) is 1. The second-order valence-corrected chi connectivity index (χ2v) is 7.49. The van der Waals surface area contributed by atoms with Crippen LogP contribution in [0.25, 0.3) is 33.2 Å². The Labute approximate surface area is 183 Å². The number of pyridine rings is 1. The fraction of sp³-hybridized carbons (Fsp3) is 0. The van der Waals surface area contributed by atoms with Crippen molar-refractivity contribution in [3.8, 4) is 22.6 Å². The van der Waals surface area contributed by atoms with Gasteiger partial charge in [-0.1, -0.05) is 48.5 Å². The molecule has 32 heavy (non-hydrogen) atoms. The van der Waals surface area contributed by atoms with Crippen LogP contribution in [0.4, 0.5) is 11.6 Å². The molecule has 0 saturated carbocycles. The van der Waals surface area contributed by atoms with Crippen LogP contribution in [0, 0.1) is 0 Å². The molecule has 6 aromatic rings. The number of para-hydroxylation sites is 1. The van der Waals surface area contributed by atoms with Crippen molar-refractivity contribution in [2.75, 3.05) is 5.32 Å². The van der Waals surface area contributed by atoms with Crippen molar-refractivity contribution in [3.63, 3.8) is 0 Å². The molecule has 3 aromatic carbocycles. The number of hydrogen-bond acceptors (Lipinski definition) is 4. The van der Waals surface area contributed by atoms with E-state index in [1.54, 1.807) is 0 Å². The van der Waals surface area contributed by atoms with E-state index in [1.807, 2.05) is 79.1 Å². The summed E-state index contributed by atoms with van der Waals surface area (Å²) in [6.07, 6.45) is 3.80. The molecular weight excluding hydrogens is 398 g/mol. The monoisotopic (exact) mass is 417 g/mol. The summed E-state index contributed by atoms with van der Waals surface area (Å²) < 4.78 is 5.92. The van der Waals surface area contributed by atoms with Crippen LogP contribution in [-0.2, 0) is 0 Å². The first-order valence-corrected chi connectivity index (χ1v) is 10.3. The number of imidazole rings is 1. The Kier molecular flexibility index (Phi) is 4.32. The molecule has 3 aromatic heterocycles. The van der Waals surface area contributed by atoms with Gasteiger partial charge in [0.15, 0.2) is 0 Å². The molecule has 0 radical (unpaired) electrons. The predicted octanol–water partition coefficient (Wildman–Crippen LogP) is 6.64. The third-order valence-electron chi connectivity index (χ3n) is 5.31. The van der Waals surface area contributed by atoms with Gasteiger partial charge in [0.1, 0.15) is 17.0 Å². The van der Waals surface area contributed by atoms with Crippen LogP contribution in [0.5, 0.6) is 11.5 Å². The Morgan fingerprint density at radius 3 is 2.41 bits per heavy atom. The van der Waals surface area contributed by atoms with Crippen LogP contribution in [0.15, 0.2) is 97.3 Å². The number of aromatic amines is 2. The summed E-state index contributed by atoms with van der Waals surface area (Å²) in [5, 5.41) is 3.34. The summed E-state index contributed by atoms with van der Waals surface area (Å²) >= 11 is 0. The van der Waals surface area contributed by atoms with E-state index in [0.717, 1.165) is 50.4 Å². The second-order valence-electron chi connectivity index (χ2n) is 7.49. The average Bonchev–Trinajstić information content (AvgIpc) is 3.43. The molecule has 6 heteroatoms. The smallest absolute Gasteiger partial charge is 0.205 e. The van der Waals surface area contributed by atoms with Crippen LogP contribution in [-0.4, -0.2) is 19.9 Å². The maximum Gasteiger partial charge on any atom is 0.205 e. The highest BCUT2D eigenvalue weighted by atomic mass is 16.5. The molecule has 154 valence electrons. The minimum absolute atomic E-state index is 0.645. The summed E-state index contributed by atoms with van der Waals surface area (Å²) in [5.41, 5.74) is 6.63. The van der Waals surface area contributed by atoms with Gasteiger partial charge in [-0.3, -0.25) is 4.98 Å². The number of nitrogens with zero attached hydrogens (tertiary/aromatic N) is 2. The van der Waals surface area contributed by atoms with Gasteiger partial charge in [-0.15, -0.1) is 0 Å². The lowest BCUT2D eigenvalue weighted by Gasteiger charge is -2.04. The van der Waals surface area contributed by atoms with Gasteiger partial charge < -0.3 is 20.0 Å². The standard InChI is InChI=1S/C26H19N5O/c1-3-7-17(8-4-1)18-13-23-25(28-15-18)24(16-27-23)31-26-29-21-12-11-20(14-22(21)30-26)32-19-9-5-2-6-10-19/h1-16,27H,(H2,29,30,31). The van der Waals surface area contributed by atoms with Crippen molar-refractivity contribution in [2.45, 2.75) is 0 Å². The lowest BCUT2D eigenvalue weighted by molar-refractivity contribution is 0.483. The molecule has 0 unspecified atom stereocenters. The van der Waals surface area contributed by atoms with Gasteiger partial charge >= 0.3 is 0 Å². The van der Waals surface area contributed by atoms with Crippen LogP contribution in [0.3, 0.4) is 0 Å². The number of H-pyrrole nitrogens is 2. The van der Waals surface area contributed by atoms with E-state index in [9.17, 15) is 0 Å². The number of fused-ring (bicyclic) bond motifs is 2. The van der Waals surface area contributed by atoms with Gasteiger partial charge in [-0.25, -0.2) is 4.98 Å². The fourth-order valence-electron chi connectivity index (χ4n) is 3.75. The number of hydrogen-bond donors (Lipinski definition) is 3. The van der Waals surface area contributed by atoms with E-state index in [1.165, 1.54) is 0 Å². The zero-order valence-corrected chi connectivity index (χ0v) is 17.0. The molecule has 0 aliphatic rings. The molecule has 0 aliphatic carbocycles. The molecule has 3 heterocycles. The molecule has 0 fully saturated rings. The lowest BCUT2D eigenvalue weighted by Crippen LogP contribution is -1.92. The maximum absolute atomic E-state index is 5.92. The van der Waals surface area contributed by atoms with Crippen LogP contribution >= 0.6 is 0 Å². The summed E-state index contributed by atoms with van der Waals surface area (Å²) in [7, 11) is 0. The average molecular weight is 417 g/mol. The third kappa shape index (κ3) is 3.44. The Bertz CT molecular complexity index is 1520. The Morgan fingerprint density at radius 2 is 1.56 bits per heavy atom. The van der Waals surface area contributed by atoms with Crippen molar-refractivity contribution in [3.05, 3.63) is 97.3 Å². The van der Waals surface area contributed by atoms with Gasteiger partial charge in [-0.2, -0.15) is 0 Å². The van der Waals surface area contributed by atoms with Crippen LogP contribution in [0.2, 0.25) is 0 Å². The fourth-order valence-corrected chi connectivity index (χ4v) is 3.75. The molecule has 0 saturated heterocycles. The molecule has 0 amide bonds. The van der Waals surface area contributed by atoms with Crippen LogP contribution in [0.1, 0.15) is 0 Å². The molecule has 0 spiro atoms. The van der Waals surface area contributed by atoms with Gasteiger partial charge in [-0.05, 0) is 35.9 Å². The summed E-state index contributed by atoms with van der Waals surface area (Å²) in [6, 6.07) is 27.8. The zero-order chi connectivity index (χ0) is 21.3. The lowest BCUT2D eigenvalue weighted by atomic mass is 10.1. The van der Waals surface area contributed by atoms with Gasteiger partial charge in [0, 0.05) is 24.0 Å². The molecule has 3 N–H and O–H groups in total. The first-order valence-electron chi connectivity index (χ1n) is 10.3. The van der Waals surface area contributed by atoms with Crippen molar-refractivity contribution in [1.82, 2.24) is 19.9 Å². The van der Waals surface area contributed by atoms with E-state index in [2.05, 4.69) is 43.5 Å². The van der Waals surface area contributed by atoms with E-state index < -0.39 is 0 Å². The van der Waals surface area contributed by atoms with E-state index in [-0.39, 0.29) is 0 Å². The number of benzene rings is 3. The summed E-state index contributed by atoms with van der Waals surface area (Å²) in [6.45, 7) is 0. The largest absolute Gasteiger partial charge is 0.457 e. The van der Waals surface area contributed by atoms with Gasteiger partial charge in [0.05, 0.1) is 22.2 Å². The van der Waals surface area contributed by atoms with E-state index in [0.29, 0.717) is 5.95 Å². The van der Waals surface area contributed by atoms with Crippen LogP contribution < -0.4 is 10.1 Å². The van der Waals surface area contributed by atoms with E-state index in [4.69, 9.17) is 4.74 Å². The highest BCUT2D eigenvalue weighted by Crippen LogP contribution is 2.29. The third-order valence-corrected chi connectivity index (χ3v) is 5.31. The number of rotatable bonds is 5. The second kappa shape index (κ2) is 7.59. The molecule has 6 rings (SSSR count). The Hall–Kier alpha value is -4.58. The quantitative estimate of drug-likeness (QED) is 0.294. The van der Waals surface area contributed by atoms with Crippen molar-refractivity contribution < 1.29 is 4.74 Å². The highest BCUT2D eigenvalue weighted by Gasteiger charge is 2.10. The molecule has 0 aliphatic heterocycles. The van der Waals surface area contributed by atoms with E-state index >= 15 is 0 Å². The molecule has 0 atom stereocenters. The number of nitrogens with one attached hydrogen (secondary N) is 3. The first kappa shape index (κ1) is 18.2. The minimum atomic E-state index is 0.645. The molecular formula is C26H19N5O. The summed E-state index contributed by atoms with van der Waals surface area (Å²) in [5.74, 6) is 2.18. The van der Waals surface area contributed by atoms with Gasteiger partial charge in [0.25, 0.3) is 0 Å². The van der Waals surface area contributed by atoms with Gasteiger partial charge in [0.2, 0.25) is 5.95 Å². The maximum atomic E-state index is 5.92. The zero-order valence-electron chi connectivity index (χ0n) is 17.0. The summed E-state index contributed by atoms with van der Waals surface area (Å²) in [4.78, 5) is 16.0. The SMILES string of the molecule is c1ccc(Oc2ccc3[nH]c(Nc4c[nH]c5cc(-c6ccccc6)cnc45)nc3c2)cc1. The number of aromatic nitrogens is 4. The van der Waals surface area contributed by atoms with Crippen molar-refractivity contribution in [2.24, 2.45) is 0 Å². The van der Waals surface area contributed by atoms with Crippen molar-refractivity contribution in [1.29, 1.82) is 0 Å². The first-order chi connectivity index (χ1) is 15.8. The molecule has 6 nitrogen and oxygen atoms in total. The number of anilines is 2. The highest BCUT2D eigenvalue weighted by molar-refractivity contribution is 5.93. The molecule has 0 bridgehead atoms. The van der Waals surface area contributed by atoms with Crippen molar-refractivity contribution >= 4 is 33.7 Å². The Morgan fingerprint density at radius 1 is 0.750 bits per heavy atom. The predicted molar refractivity (Wildman–Crippen MR) is 127 cm³/mol. The normalized spacial score (nSPS) is 11.1. The Balaban J connectivity index is 1.27. The topological polar surface area (TPSA) is 78.6 Å².